The number of likely N-dealkylation sites (tertiary alicyclic amines) is 1. The molecule has 0 radical (unpaired) electrons. The van der Waals surface area contributed by atoms with Crippen LogP contribution in [0.5, 0.6) is 0 Å². The van der Waals surface area contributed by atoms with Crippen LogP contribution >= 0.6 is 0 Å². The maximum absolute atomic E-state index is 12.5. The zero-order chi connectivity index (χ0) is 20.5. The fraction of sp³-hybridized carbons (Fsp3) is 0.333. The van der Waals surface area contributed by atoms with Crippen molar-refractivity contribution in [3.05, 3.63) is 72.7 Å². The van der Waals surface area contributed by atoms with E-state index in [4.69, 9.17) is 0 Å². The van der Waals surface area contributed by atoms with Crippen LogP contribution in [-0.2, 0) is 0 Å². The lowest BCUT2D eigenvalue weighted by Crippen LogP contribution is -2.41. The molecule has 2 aromatic carbocycles. The molecule has 2 amide bonds. The predicted octanol–water partition coefficient (Wildman–Crippen LogP) is 4.15. The van der Waals surface area contributed by atoms with Crippen molar-refractivity contribution >= 4 is 11.7 Å². The van der Waals surface area contributed by atoms with E-state index in [0.29, 0.717) is 19.0 Å². The van der Waals surface area contributed by atoms with Crippen LogP contribution in [0.3, 0.4) is 0 Å². The molecule has 2 aliphatic rings. The molecule has 3 heterocycles. The number of anilines is 1. The molecule has 1 aromatic heterocycles. The molecule has 154 valence electrons. The number of aromatic nitrogens is 2. The number of carbonyl (C=O) groups excluding carboxylic acids is 1. The molecule has 3 aromatic rings. The van der Waals surface area contributed by atoms with Crippen molar-refractivity contribution in [2.45, 2.75) is 31.4 Å². The third-order valence-electron chi connectivity index (χ3n) is 6.39. The third-order valence-corrected chi connectivity index (χ3v) is 6.39. The van der Waals surface area contributed by atoms with Gasteiger partial charge in [0.2, 0.25) is 0 Å². The van der Waals surface area contributed by atoms with Crippen LogP contribution in [0.25, 0.3) is 11.3 Å². The van der Waals surface area contributed by atoms with E-state index in [-0.39, 0.29) is 12.1 Å². The first-order valence-electron chi connectivity index (χ1n) is 10.6. The average Bonchev–Trinajstić information content (AvgIpc) is 3.35. The molecule has 2 N–H and O–H groups in total. The molecule has 2 aliphatic heterocycles. The summed E-state index contributed by atoms with van der Waals surface area (Å²) in [7, 11) is 0. The number of urea groups is 1. The number of nitrogens with zero attached hydrogens (tertiary/aromatic N) is 3. The number of piperidine rings is 1. The lowest BCUT2D eigenvalue weighted by Gasteiger charge is -2.34. The monoisotopic (exact) mass is 402 g/mol. The van der Waals surface area contributed by atoms with Gasteiger partial charge in [0.25, 0.3) is 0 Å². The number of imidazole rings is 1. The minimum atomic E-state index is -0.476. The second kappa shape index (κ2) is 7.95. The molecule has 6 heteroatoms. The zero-order valence-corrected chi connectivity index (χ0v) is 16.8. The molecular formula is C24H26N4O2. The van der Waals surface area contributed by atoms with E-state index in [2.05, 4.69) is 27.0 Å². The summed E-state index contributed by atoms with van der Waals surface area (Å²) in [6.45, 7) is 1.43. The fourth-order valence-electron chi connectivity index (χ4n) is 4.83. The van der Waals surface area contributed by atoms with Crippen molar-refractivity contribution in [2.75, 3.05) is 18.4 Å². The number of para-hydroxylation sites is 1. The Hall–Kier alpha value is -3.12. The summed E-state index contributed by atoms with van der Waals surface area (Å²) >= 11 is 0. The minimum absolute atomic E-state index is 0.0482. The summed E-state index contributed by atoms with van der Waals surface area (Å²) in [5.74, 6) is 0.403. The van der Waals surface area contributed by atoms with Gasteiger partial charge < -0.3 is 19.9 Å². The topological polar surface area (TPSA) is 70.4 Å². The van der Waals surface area contributed by atoms with Crippen LogP contribution in [0.4, 0.5) is 10.5 Å². The highest BCUT2D eigenvalue weighted by Gasteiger charge is 2.35. The summed E-state index contributed by atoms with van der Waals surface area (Å²) in [4.78, 5) is 18.7. The Morgan fingerprint density at radius 1 is 1.10 bits per heavy atom. The molecule has 0 unspecified atom stereocenters. The summed E-state index contributed by atoms with van der Waals surface area (Å²) in [6, 6.07) is 17.7. The number of hydrogen-bond acceptors (Lipinski definition) is 3. The fourth-order valence-corrected chi connectivity index (χ4v) is 4.83. The maximum Gasteiger partial charge on any atom is 0.321 e. The minimum Gasteiger partial charge on any atom is -0.391 e. The van der Waals surface area contributed by atoms with Gasteiger partial charge in [0, 0.05) is 24.3 Å². The number of aliphatic hydroxyl groups excluding tert-OH is 1. The van der Waals surface area contributed by atoms with Crippen LogP contribution in [0.1, 0.15) is 30.9 Å². The van der Waals surface area contributed by atoms with Gasteiger partial charge in [-0.2, -0.15) is 0 Å². The van der Waals surface area contributed by atoms with E-state index in [1.165, 1.54) is 5.56 Å². The summed E-state index contributed by atoms with van der Waals surface area (Å²) in [5, 5.41) is 14.1. The van der Waals surface area contributed by atoms with Crippen molar-refractivity contribution in [1.82, 2.24) is 14.5 Å². The summed E-state index contributed by atoms with van der Waals surface area (Å²) < 4.78 is 2.10. The van der Waals surface area contributed by atoms with Crippen molar-refractivity contribution in [2.24, 2.45) is 5.92 Å². The molecule has 1 saturated heterocycles. The number of amides is 2. The molecule has 1 fully saturated rings. The molecule has 0 bridgehead atoms. The van der Waals surface area contributed by atoms with Crippen molar-refractivity contribution in [1.29, 1.82) is 0 Å². The van der Waals surface area contributed by atoms with E-state index >= 15 is 0 Å². The van der Waals surface area contributed by atoms with Gasteiger partial charge >= 0.3 is 6.03 Å². The molecule has 0 saturated carbocycles. The van der Waals surface area contributed by atoms with Crippen molar-refractivity contribution < 1.29 is 9.90 Å². The SMILES string of the molecule is O=C(Nc1ccccc1)N1CCC(C[C@H](O)[C@@H]2c3ccccc3-c3cncn32)CC1. The molecule has 30 heavy (non-hydrogen) atoms. The number of fused-ring (bicyclic) bond motifs is 3. The molecule has 6 nitrogen and oxygen atoms in total. The van der Waals surface area contributed by atoms with E-state index < -0.39 is 6.10 Å². The Balaban J connectivity index is 1.20. The standard InChI is InChI=1S/C24H26N4O2/c29-22(23-20-9-5-4-8-19(20)21-15-25-16-28(21)23)14-17-10-12-27(13-11-17)24(30)26-18-6-2-1-3-7-18/h1-9,15-17,22-23,29H,10-14H2,(H,26,30)/t22-,23-/m0/s1. The van der Waals surface area contributed by atoms with E-state index in [9.17, 15) is 9.90 Å². The first-order chi connectivity index (χ1) is 14.7. The summed E-state index contributed by atoms with van der Waals surface area (Å²) in [5.41, 5.74) is 4.21. The molecule has 2 atom stereocenters. The highest BCUT2D eigenvalue weighted by Crippen LogP contribution is 2.42. The van der Waals surface area contributed by atoms with Gasteiger partial charge in [0.1, 0.15) is 0 Å². The average molecular weight is 402 g/mol. The van der Waals surface area contributed by atoms with Gasteiger partial charge in [-0.3, -0.25) is 0 Å². The maximum atomic E-state index is 12.5. The first-order valence-corrected chi connectivity index (χ1v) is 10.6. The van der Waals surface area contributed by atoms with Crippen molar-refractivity contribution in [3.8, 4) is 11.3 Å². The quantitative estimate of drug-likeness (QED) is 0.689. The number of carbonyl (C=O) groups is 1. The highest BCUT2D eigenvalue weighted by molar-refractivity contribution is 5.89. The Bertz CT molecular complexity index is 1020. The van der Waals surface area contributed by atoms with E-state index in [1.807, 2.05) is 59.9 Å². The van der Waals surface area contributed by atoms with Crippen molar-refractivity contribution in [3.63, 3.8) is 0 Å². The normalized spacial score (nSPS) is 19.2. The Labute approximate surface area is 176 Å². The molecule has 5 rings (SSSR count). The number of rotatable bonds is 4. The van der Waals surface area contributed by atoms with Crippen LogP contribution in [0.15, 0.2) is 67.1 Å². The Morgan fingerprint density at radius 3 is 2.63 bits per heavy atom. The van der Waals surface area contributed by atoms with Crippen LogP contribution < -0.4 is 5.32 Å². The molecular weight excluding hydrogens is 376 g/mol. The van der Waals surface area contributed by atoms with Gasteiger partial charge in [-0.15, -0.1) is 0 Å². The second-order valence-electron chi connectivity index (χ2n) is 8.25. The lowest BCUT2D eigenvalue weighted by molar-refractivity contribution is 0.0877. The second-order valence-corrected chi connectivity index (χ2v) is 8.25. The third kappa shape index (κ3) is 3.48. The zero-order valence-electron chi connectivity index (χ0n) is 16.8. The highest BCUT2D eigenvalue weighted by atomic mass is 16.3. The van der Waals surface area contributed by atoms with Gasteiger partial charge in [0.05, 0.1) is 30.4 Å². The van der Waals surface area contributed by atoms with Gasteiger partial charge in [-0.25, -0.2) is 9.78 Å². The predicted molar refractivity (Wildman–Crippen MR) is 116 cm³/mol. The van der Waals surface area contributed by atoms with Crippen LogP contribution in [-0.4, -0.2) is 44.8 Å². The Morgan fingerprint density at radius 2 is 1.83 bits per heavy atom. The largest absolute Gasteiger partial charge is 0.391 e. The number of aliphatic hydroxyl groups is 1. The van der Waals surface area contributed by atoms with Gasteiger partial charge in [-0.05, 0) is 42.9 Å². The molecule has 0 spiro atoms. The van der Waals surface area contributed by atoms with E-state index in [1.54, 1.807) is 0 Å². The lowest BCUT2D eigenvalue weighted by atomic mass is 9.87. The Kier molecular flexibility index (Phi) is 5.01. The first kappa shape index (κ1) is 18.9. The van der Waals surface area contributed by atoms with E-state index in [0.717, 1.165) is 36.2 Å². The number of benzene rings is 2. The number of hydrogen-bond donors (Lipinski definition) is 2. The summed E-state index contributed by atoms with van der Waals surface area (Å²) in [6.07, 6.45) is 5.76. The number of nitrogens with one attached hydrogen (secondary N) is 1. The van der Waals surface area contributed by atoms with Crippen LogP contribution in [0, 0.1) is 5.92 Å². The van der Waals surface area contributed by atoms with Crippen LogP contribution in [0.2, 0.25) is 0 Å². The smallest absolute Gasteiger partial charge is 0.321 e. The molecule has 0 aliphatic carbocycles. The van der Waals surface area contributed by atoms with Gasteiger partial charge in [-0.1, -0.05) is 42.5 Å². The van der Waals surface area contributed by atoms with Gasteiger partial charge in [0.15, 0.2) is 0 Å².